The molecule has 0 aliphatic carbocycles. The molecule has 0 saturated carbocycles. The van der Waals surface area contributed by atoms with Gasteiger partial charge in [-0.2, -0.15) is 0 Å². The van der Waals surface area contributed by atoms with E-state index in [9.17, 15) is 17.6 Å². The first-order chi connectivity index (χ1) is 10.7. The molecule has 0 spiro atoms. The average Bonchev–Trinajstić information content (AvgIpc) is 2.79. The summed E-state index contributed by atoms with van der Waals surface area (Å²) in [5.74, 6) is -1.19. The minimum absolute atomic E-state index is 0.170. The van der Waals surface area contributed by atoms with E-state index in [1.807, 2.05) is 4.72 Å². The van der Waals surface area contributed by atoms with E-state index in [2.05, 4.69) is 5.16 Å². The van der Waals surface area contributed by atoms with Crippen LogP contribution in [-0.4, -0.2) is 19.5 Å². The first kappa shape index (κ1) is 17.1. The highest BCUT2D eigenvalue weighted by molar-refractivity contribution is 7.90. The van der Waals surface area contributed by atoms with Gasteiger partial charge in [0, 0.05) is 11.5 Å². The molecule has 0 bridgehead atoms. The Hall–Kier alpha value is -2.22. The van der Waals surface area contributed by atoms with Crippen LogP contribution < -0.4 is 4.72 Å². The van der Waals surface area contributed by atoms with Gasteiger partial charge in [-0.25, -0.2) is 17.5 Å². The number of carbonyl (C=O) groups is 1. The summed E-state index contributed by atoms with van der Waals surface area (Å²) in [6.07, 6.45) is 0.311. The summed E-state index contributed by atoms with van der Waals surface area (Å²) in [5.41, 5.74) is 1.45. The molecule has 0 radical (unpaired) electrons. The van der Waals surface area contributed by atoms with Crippen LogP contribution in [0.5, 0.6) is 0 Å². The maximum atomic E-state index is 12.9. The van der Waals surface area contributed by atoms with E-state index in [0.29, 0.717) is 17.9 Å². The second-order valence-electron chi connectivity index (χ2n) is 5.33. The Morgan fingerprint density at radius 1 is 1.30 bits per heavy atom. The topological polar surface area (TPSA) is 89.3 Å². The number of sulfonamides is 1. The normalized spacial score (nSPS) is 12.9. The summed E-state index contributed by atoms with van der Waals surface area (Å²) in [4.78, 5) is 12.0. The van der Waals surface area contributed by atoms with Crippen molar-refractivity contribution in [3.05, 3.63) is 47.1 Å². The van der Waals surface area contributed by atoms with E-state index in [0.717, 1.165) is 29.8 Å². The van der Waals surface area contributed by atoms with Crippen LogP contribution in [0.4, 0.5) is 4.39 Å². The average molecular weight is 340 g/mol. The number of nitrogens with zero attached hydrogens (tertiary/aromatic N) is 1. The third-order valence-corrected chi connectivity index (χ3v) is 4.86. The van der Waals surface area contributed by atoms with Crippen LogP contribution in [0.15, 0.2) is 33.7 Å². The summed E-state index contributed by atoms with van der Waals surface area (Å²) >= 11 is 0. The van der Waals surface area contributed by atoms with Crippen molar-refractivity contribution in [2.75, 3.05) is 0 Å². The molecule has 23 heavy (non-hydrogen) atoms. The molecule has 0 fully saturated rings. The Bertz CT molecular complexity index is 793. The molecular weight excluding hydrogens is 323 g/mol. The molecule has 1 N–H and O–H groups in total. The number of nitrogens with one attached hydrogen (secondary N) is 1. The van der Waals surface area contributed by atoms with E-state index < -0.39 is 27.7 Å². The summed E-state index contributed by atoms with van der Waals surface area (Å²) in [7, 11) is -4.03. The van der Waals surface area contributed by atoms with Gasteiger partial charge in [0.1, 0.15) is 11.6 Å². The van der Waals surface area contributed by atoms with E-state index >= 15 is 0 Å². The molecule has 0 aliphatic heterocycles. The summed E-state index contributed by atoms with van der Waals surface area (Å²) in [6.45, 7) is 5.10. The van der Waals surface area contributed by atoms with Gasteiger partial charge in [0.05, 0.1) is 10.6 Å². The van der Waals surface area contributed by atoms with Crippen LogP contribution >= 0.6 is 0 Å². The number of halogens is 1. The van der Waals surface area contributed by atoms with Crippen LogP contribution in [0.3, 0.4) is 0 Å². The Kier molecular flexibility index (Phi) is 4.84. The highest BCUT2D eigenvalue weighted by atomic mass is 32.2. The molecule has 124 valence electrons. The highest BCUT2D eigenvalue weighted by Crippen LogP contribution is 2.18. The molecule has 1 aromatic heterocycles. The zero-order valence-corrected chi connectivity index (χ0v) is 13.8. The monoisotopic (exact) mass is 340 g/mol. The lowest BCUT2D eigenvalue weighted by Gasteiger charge is -2.12. The molecule has 2 aromatic rings. The molecule has 2 rings (SSSR count). The Morgan fingerprint density at radius 3 is 2.43 bits per heavy atom. The van der Waals surface area contributed by atoms with Gasteiger partial charge < -0.3 is 4.52 Å². The van der Waals surface area contributed by atoms with Crippen molar-refractivity contribution < 1.29 is 22.1 Å². The zero-order valence-electron chi connectivity index (χ0n) is 13.0. The predicted molar refractivity (Wildman–Crippen MR) is 80.6 cm³/mol. The second kappa shape index (κ2) is 6.49. The van der Waals surface area contributed by atoms with Gasteiger partial charge in [0.25, 0.3) is 10.0 Å². The van der Waals surface area contributed by atoms with Crippen LogP contribution in [0.25, 0.3) is 0 Å². The fourth-order valence-electron chi connectivity index (χ4n) is 2.10. The van der Waals surface area contributed by atoms with Crippen molar-refractivity contribution in [3.63, 3.8) is 0 Å². The molecule has 8 heteroatoms. The predicted octanol–water partition coefficient (Wildman–Crippen LogP) is 2.11. The molecule has 1 aromatic carbocycles. The van der Waals surface area contributed by atoms with Crippen molar-refractivity contribution in [1.82, 2.24) is 9.88 Å². The number of hydrogen-bond acceptors (Lipinski definition) is 5. The van der Waals surface area contributed by atoms with Crippen LogP contribution in [0, 0.1) is 25.6 Å². The minimum atomic E-state index is -4.03. The van der Waals surface area contributed by atoms with Gasteiger partial charge in [-0.1, -0.05) is 12.1 Å². The lowest BCUT2D eigenvalue weighted by molar-refractivity contribution is -0.122. The van der Waals surface area contributed by atoms with Crippen LogP contribution in [0.2, 0.25) is 0 Å². The zero-order chi connectivity index (χ0) is 17.2. The Labute approximate surface area is 133 Å². The molecule has 1 amide bonds. The standard InChI is InChI=1S/C15H17FN2O4S/c1-9(8-14-10(2)17-22-11(14)3)15(19)18-23(20,21)13-6-4-12(16)5-7-13/h4-7,9H,8H2,1-3H3,(H,18,19)/t9-/m0/s1. The first-order valence-electron chi connectivity index (χ1n) is 6.94. The van der Waals surface area contributed by atoms with E-state index in [4.69, 9.17) is 4.52 Å². The molecular formula is C15H17FN2O4S. The van der Waals surface area contributed by atoms with Gasteiger partial charge in [-0.05, 0) is 44.5 Å². The van der Waals surface area contributed by atoms with E-state index in [1.165, 1.54) is 0 Å². The van der Waals surface area contributed by atoms with Gasteiger partial charge in [0.15, 0.2) is 0 Å². The van der Waals surface area contributed by atoms with Crippen LogP contribution in [0.1, 0.15) is 23.9 Å². The fourth-order valence-corrected chi connectivity index (χ4v) is 3.18. The van der Waals surface area contributed by atoms with Crippen molar-refractivity contribution in [2.45, 2.75) is 32.1 Å². The lowest BCUT2D eigenvalue weighted by Crippen LogP contribution is -2.35. The number of benzene rings is 1. The first-order valence-corrected chi connectivity index (χ1v) is 8.43. The summed E-state index contributed by atoms with van der Waals surface area (Å²) in [5, 5.41) is 3.80. The number of aryl methyl sites for hydroxylation is 2. The number of hydrogen-bond donors (Lipinski definition) is 1. The van der Waals surface area contributed by atoms with E-state index in [-0.39, 0.29) is 4.90 Å². The minimum Gasteiger partial charge on any atom is -0.361 e. The summed E-state index contributed by atoms with van der Waals surface area (Å²) < 4.78 is 44.1. The van der Waals surface area contributed by atoms with E-state index in [1.54, 1.807) is 20.8 Å². The van der Waals surface area contributed by atoms with Crippen LogP contribution in [-0.2, 0) is 21.2 Å². The number of aromatic nitrogens is 1. The third-order valence-electron chi connectivity index (χ3n) is 3.50. The molecule has 1 heterocycles. The van der Waals surface area contributed by atoms with Gasteiger partial charge in [0.2, 0.25) is 5.91 Å². The smallest absolute Gasteiger partial charge is 0.264 e. The maximum Gasteiger partial charge on any atom is 0.264 e. The number of carbonyl (C=O) groups excluding carboxylic acids is 1. The summed E-state index contributed by atoms with van der Waals surface area (Å²) in [6, 6.07) is 4.24. The van der Waals surface area contributed by atoms with Crippen molar-refractivity contribution in [3.8, 4) is 0 Å². The lowest BCUT2D eigenvalue weighted by atomic mass is 9.99. The largest absolute Gasteiger partial charge is 0.361 e. The fraction of sp³-hybridized carbons (Fsp3) is 0.333. The van der Waals surface area contributed by atoms with Gasteiger partial charge in [-0.15, -0.1) is 0 Å². The van der Waals surface area contributed by atoms with Crippen molar-refractivity contribution in [1.29, 1.82) is 0 Å². The maximum absolute atomic E-state index is 12.9. The van der Waals surface area contributed by atoms with Gasteiger partial charge in [-0.3, -0.25) is 4.79 Å². The second-order valence-corrected chi connectivity index (χ2v) is 7.01. The highest BCUT2D eigenvalue weighted by Gasteiger charge is 2.23. The molecule has 0 aliphatic rings. The molecule has 0 unspecified atom stereocenters. The van der Waals surface area contributed by atoms with Crippen molar-refractivity contribution >= 4 is 15.9 Å². The molecule has 0 saturated heterocycles. The molecule has 6 nitrogen and oxygen atoms in total. The van der Waals surface area contributed by atoms with Gasteiger partial charge >= 0.3 is 0 Å². The Morgan fingerprint density at radius 2 is 1.91 bits per heavy atom. The number of amides is 1. The molecule has 1 atom stereocenters. The SMILES string of the molecule is Cc1noc(C)c1C[C@H](C)C(=O)NS(=O)(=O)c1ccc(F)cc1. The Balaban J connectivity index is 2.10. The third kappa shape index (κ3) is 3.95. The van der Waals surface area contributed by atoms with Crippen molar-refractivity contribution in [2.24, 2.45) is 5.92 Å². The number of rotatable bonds is 5. The quantitative estimate of drug-likeness (QED) is 0.900.